The van der Waals surface area contributed by atoms with Crippen LogP contribution in [0.25, 0.3) is 0 Å². The number of hydrogen-bond acceptors (Lipinski definition) is 5. The van der Waals surface area contributed by atoms with E-state index in [1.54, 1.807) is 24.3 Å². The van der Waals surface area contributed by atoms with Crippen LogP contribution in [-0.2, 0) is 20.4 Å². The highest BCUT2D eigenvalue weighted by atomic mass is 16.4. The van der Waals surface area contributed by atoms with Crippen LogP contribution in [0.5, 0.6) is 11.5 Å². The number of benzene rings is 3. The lowest BCUT2D eigenvalue weighted by molar-refractivity contribution is -0.146. The molecule has 1 fully saturated rings. The molecule has 8 heteroatoms. The first-order chi connectivity index (χ1) is 20.3. The van der Waals surface area contributed by atoms with Crippen LogP contribution >= 0.6 is 0 Å². The Morgan fingerprint density at radius 3 is 2.21 bits per heavy atom. The number of anilines is 2. The van der Waals surface area contributed by atoms with E-state index in [9.17, 15) is 29.7 Å². The molecule has 0 radical (unpaired) electrons. The number of phenols is 2. The van der Waals surface area contributed by atoms with Crippen LogP contribution in [0.15, 0.2) is 66.7 Å². The summed E-state index contributed by atoms with van der Waals surface area (Å²) >= 11 is 0. The zero-order valence-electron chi connectivity index (χ0n) is 24.6. The molecule has 5 N–H and O–H groups in total. The van der Waals surface area contributed by atoms with Gasteiger partial charge in [0, 0.05) is 11.0 Å². The van der Waals surface area contributed by atoms with Gasteiger partial charge in [0.05, 0.1) is 23.2 Å². The van der Waals surface area contributed by atoms with E-state index in [2.05, 4.69) is 31.4 Å². The summed E-state index contributed by atoms with van der Waals surface area (Å²) in [5.41, 5.74) is 3.72. The Labute approximate surface area is 250 Å². The molecule has 0 spiro atoms. The van der Waals surface area contributed by atoms with Crippen LogP contribution in [0, 0.1) is 30.6 Å². The van der Waals surface area contributed by atoms with Gasteiger partial charge in [-0.15, -0.1) is 0 Å². The summed E-state index contributed by atoms with van der Waals surface area (Å²) in [5.74, 6) is -3.67. The maximum absolute atomic E-state index is 13.4. The quantitative estimate of drug-likeness (QED) is 0.176. The number of hydrogen-bond donors (Lipinski definition) is 5. The molecule has 3 aromatic carbocycles. The van der Waals surface area contributed by atoms with Crippen LogP contribution in [0.2, 0.25) is 0 Å². The van der Waals surface area contributed by atoms with E-state index in [1.165, 1.54) is 6.07 Å². The minimum atomic E-state index is -0.985. The molecule has 2 bridgehead atoms. The zero-order valence-corrected chi connectivity index (χ0v) is 24.6. The van der Waals surface area contributed by atoms with Gasteiger partial charge in [-0.3, -0.25) is 14.4 Å². The largest absolute Gasteiger partial charge is 0.506 e. The van der Waals surface area contributed by atoms with Crippen LogP contribution in [-0.4, -0.2) is 33.1 Å². The van der Waals surface area contributed by atoms with Gasteiger partial charge in [0.15, 0.2) is 0 Å². The minimum Gasteiger partial charge on any atom is -0.506 e. The van der Waals surface area contributed by atoms with Crippen molar-refractivity contribution in [2.45, 2.75) is 51.4 Å². The fourth-order valence-corrected chi connectivity index (χ4v) is 7.73. The van der Waals surface area contributed by atoms with Crippen molar-refractivity contribution in [1.29, 1.82) is 0 Å². The first-order valence-corrected chi connectivity index (χ1v) is 14.6. The highest BCUT2D eigenvalue weighted by Gasteiger charge is 2.52. The predicted molar refractivity (Wildman–Crippen MR) is 163 cm³/mol. The molecule has 1 saturated carbocycles. The molecule has 3 aliphatic rings. The molecular weight excluding hydrogens is 544 g/mol. The summed E-state index contributed by atoms with van der Waals surface area (Å²) in [4.78, 5) is 38.5. The number of phenolic OH excluding ortho intramolecular Hbond substituents is 2. The van der Waals surface area contributed by atoms with Gasteiger partial charge in [-0.1, -0.05) is 56.7 Å². The van der Waals surface area contributed by atoms with E-state index >= 15 is 0 Å². The fourth-order valence-electron chi connectivity index (χ4n) is 7.73. The summed E-state index contributed by atoms with van der Waals surface area (Å²) in [6.45, 7) is 8.17. The molecule has 3 aliphatic carbocycles. The Morgan fingerprint density at radius 1 is 0.814 bits per heavy atom. The molecule has 2 amide bonds. The second-order valence-corrected chi connectivity index (χ2v) is 13.2. The number of carbonyl (C=O) groups excluding carboxylic acids is 2. The van der Waals surface area contributed by atoms with Gasteiger partial charge in [0.1, 0.15) is 11.5 Å². The standard InChI is InChI=1S/C35H36N2O6/c1-18-6-5-7-21(12-18)31(40)36-26-15-24-23(16-28(26)39)34(2,3)17-35(24,4)22-10-11-27(38)25(14-22)37-32(41)29-19-8-9-20(13-19)30(29)33(42)43/h5-12,14-16,19-20,29-30,38-39H,13,17H2,1-4H3,(H,36,40)(H,37,41)(H,42,43). The number of carbonyl (C=O) groups is 3. The summed E-state index contributed by atoms with van der Waals surface area (Å²) < 4.78 is 0. The average molecular weight is 581 g/mol. The molecule has 3 aromatic rings. The van der Waals surface area contributed by atoms with E-state index in [0.29, 0.717) is 24.1 Å². The van der Waals surface area contributed by atoms with Gasteiger partial charge in [-0.05, 0) is 90.1 Å². The SMILES string of the molecule is Cc1cccc(C(=O)Nc2cc3c(cc2O)C(C)(C)CC3(C)c2ccc(O)c(NC(=O)C3C4C=CC(C4)C3C(=O)O)c2)c1. The second kappa shape index (κ2) is 10.0. The van der Waals surface area contributed by atoms with E-state index in [1.807, 2.05) is 43.3 Å². The molecule has 0 heterocycles. The first kappa shape index (κ1) is 28.5. The lowest BCUT2D eigenvalue weighted by Crippen LogP contribution is -2.36. The van der Waals surface area contributed by atoms with Crippen LogP contribution < -0.4 is 10.6 Å². The third kappa shape index (κ3) is 4.75. The lowest BCUT2D eigenvalue weighted by Gasteiger charge is -2.29. The Kier molecular flexibility index (Phi) is 6.64. The van der Waals surface area contributed by atoms with Gasteiger partial charge >= 0.3 is 5.97 Å². The van der Waals surface area contributed by atoms with Crippen LogP contribution in [0.4, 0.5) is 11.4 Å². The fraction of sp³-hybridized carbons (Fsp3) is 0.343. The number of rotatable bonds is 6. The number of fused-ring (bicyclic) bond motifs is 3. The monoisotopic (exact) mass is 580 g/mol. The number of aryl methyl sites for hydroxylation is 1. The number of allylic oxidation sites excluding steroid dienone is 2. The maximum Gasteiger partial charge on any atom is 0.307 e. The summed E-state index contributed by atoms with van der Waals surface area (Å²) in [6.07, 6.45) is 5.12. The molecule has 222 valence electrons. The molecule has 0 saturated heterocycles. The third-order valence-corrected chi connectivity index (χ3v) is 9.72. The van der Waals surface area contributed by atoms with Crippen molar-refractivity contribution in [2.75, 3.05) is 10.6 Å². The molecule has 6 rings (SSSR count). The third-order valence-electron chi connectivity index (χ3n) is 9.72. The van der Waals surface area contributed by atoms with Crippen LogP contribution in [0.1, 0.15) is 66.2 Å². The Morgan fingerprint density at radius 2 is 1.51 bits per heavy atom. The van der Waals surface area contributed by atoms with Gasteiger partial charge in [0.25, 0.3) is 5.91 Å². The van der Waals surface area contributed by atoms with Crippen molar-refractivity contribution >= 4 is 29.2 Å². The van der Waals surface area contributed by atoms with Gasteiger partial charge < -0.3 is 26.0 Å². The predicted octanol–water partition coefficient (Wildman–Crippen LogP) is 6.11. The van der Waals surface area contributed by atoms with Crippen molar-refractivity contribution in [2.24, 2.45) is 23.7 Å². The lowest BCUT2D eigenvalue weighted by atomic mass is 9.75. The molecule has 5 unspecified atom stereocenters. The van der Waals surface area contributed by atoms with Crippen LogP contribution in [0.3, 0.4) is 0 Å². The molecule has 0 aliphatic heterocycles. The van der Waals surface area contributed by atoms with Crippen molar-refractivity contribution in [3.05, 3.63) is 94.6 Å². The number of amides is 2. The molecule has 0 aromatic heterocycles. The van der Waals surface area contributed by atoms with Crippen molar-refractivity contribution in [1.82, 2.24) is 0 Å². The summed E-state index contributed by atoms with van der Waals surface area (Å²) in [7, 11) is 0. The topological polar surface area (TPSA) is 136 Å². The number of carboxylic acid groups (broad SMARTS) is 1. The molecule has 43 heavy (non-hydrogen) atoms. The number of nitrogens with one attached hydrogen (secondary N) is 2. The molecule has 8 nitrogen and oxygen atoms in total. The Bertz CT molecular complexity index is 1710. The summed E-state index contributed by atoms with van der Waals surface area (Å²) in [5, 5.41) is 37.2. The summed E-state index contributed by atoms with van der Waals surface area (Å²) in [6, 6.07) is 15.8. The Hall–Kier alpha value is -4.59. The Balaban J connectivity index is 1.33. The van der Waals surface area contributed by atoms with Crippen molar-refractivity contribution in [3.63, 3.8) is 0 Å². The number of aliphatic carboxylic acids is 1. The molecular formula is C35H36N2O6. The average Bonchev–Trinajstić information content (AvgIpc) is 3.61. The highest BCUT2D eigenvalue weighted by Crippen LogP contribution is 2.55. The molecule has 5 atom stereocenters. The van der Waals surface area contributed by atoms with Crippen molar-refractivity contribution in [3.8, 4) is 11.5 Å². The van der Waals surface area contributed by atoms with Gasteiger partial charge in [0.2, 0.25) is 5.91 Å². The van der Waals surface area contributed by atoms with E-state index in [0.717, 1.165) is 22.3 Å². The highest BCUT2D eigenvalue weighted by molar-refractivity contribution is 6.05. The first-order valence-electron chi connectivity index (χ1n) is 14.6. The smallest absolute Gasteiger partial charge is 0.307 e. The van der Waals surface area contributed by atoms with Crippen molar-refractivity contribution < 1.29 is 29.7 Å². The van der Waals surface area contributed by atoms with Gasteiger partial charge in [-0.2, -0.15) is 0 Å². The van der Waals surface area contributed by atoms with E-state index in [-0.39, 0.29) is 40.3 Å². The maximum atomic E-state index is 13.4. The normalized spacial score (nSPS) is 26.2. The minimum absolute atomic E-state index is 0.0244. The zero-order chi connectivity index (χ0) is 30.8. The van der Waals surface area contributed by atoms with E-state index in [4.69, 9.17) is 0 Å². The second-order valence-electron chi connectivity index (χ2n) is 13.2. The van der Waals surface area contributed by atoms with Gasteiger partial charge in [-0.25, -0.2) is 0 Å². The number of carboxylic acids is 1. The number of aromatic hydroxyl groups is 2. The van der Waals surface area contributed by atoms with E-state index < -0.39 is 29.1 Å².